The van der Waals surface area contributed by atoms with E-state index in [2.05, 4.69) is 18.0 Å². The Bertz CT molecular complexity index is 239. The summed E-state index contributed by atoms with van der Waals surface area (Å²) in [5.74, 6) is 0. The van der Waals surface area contributed by atoms with Gasteiger partial charge in [-0.05, 0) is 26.4 Å². The summed E-state index contributed by atoms with van der Waals surface area (Å²) in [5, 5.41) is 8.53. The van der Waals surface area contributed by atoms with Gasteiger partial charge in [0, 0.05) is 0 Å². The lowest BCUT2D eigenvalue weighted by molar-refractivity contribution is -0.0973. The van der Waals surface area contributed by atoms with Crippen molar-refractivity contribution in [1.29, 1.82) is 5.26 Å². The third-order valence-corrected chi connectivity index (χ3v) is 2.98. The van der Waals surface area contributed by atoms with Gasteiger partial charge in [0.25, 0.3) is 0 Å². The van der Waals surface area contributed by atoms with Crippen LogP contribution in [-0.4, -0.2) is 43.5 Å². The van der Waals surface area contributed by atoms with E-state index in [1.165, 1.54) is 6.42 Å². The second kappa shape index (κ2) is 4.26. The molecule has 0 aromatic carbocycles. The molecule has 2 rings (SSSR count). The Morgan fingerprint density at radius 2 is 2.43 bits per heavy atom. The lowest BCUT2D eigenvalue weighted by atomic mass is 10.2. The van der Waals surface area contributed by atoms with Crippen molar-refractivity contribution >= 4 is 0 Å². The van der Waals surface area contributed by atoms with Crippen LogP contribution >= 0.6 is 0 Å². The average molecular weight is 196 g/mol. The third kappa shape index (κ3) is 1.90. The van der Waals surface area contributed by atoms with E-state index in [1.54, 1.807) is 0 Å². The van der Waals surface area contributed by atoms with Crippen LogP contribution in [0.3, 0.4) is 0 Å². The normalized spacial score (nSPS) is 38.7. The molecule has 0 N–H and O–H groups in total. The maximum absolute atomic E-state index is 8.53. The lowest BCUT2D eigenvalue weighted by Crippen LogP contribution is -2.37. The smallest absolute Gasteiger partial charge is 0.173 e. The molecule has 0 bridgehead atoms. The van der Waals surface area contributed by atoms with Crippen LogP contribution in [0.2, 0.25) is 0 Å². The Morgan fingerprint density at radius 3 is 3.07 bits per heavy atom. The van der Waals surface area contributed by atoms with Gasteiger partial charge in [0.05, 0.1) is 31.2 Å². The predicted octanol–water partition coefficient (Wildman–Crippen LogP) is 0.736. The zero-order valence-electron chi connectivity index (χ0n) is 8.48. The molecule has 0 aromatic rings. The summed E-state index contributed by atoms with van der Waals surface area (Å²) >= 11 is 0. The summed E-state index contributed by atoms with van der Waals surface area (Å²) in [4.78, 5) is 2.28. The topological polar surface area (TPSA) is 45.5 Å². The van der Waals surface area contributed by atoms with Gasteiger partial charge in [0.1, 0.15) is 0 Å². The minimum Gasteiger partial charge on any atom is -0.348 e. The van der Waals surface area contributed by atoms with Crippen LogP contribution in [0.4, 0.5) is 0 Å². The maximum Gasteiger partial charge on any atom is 0.173 e. The van der Waals surface area contributed by atoms with Crippen LogP contribution in [-0.2, 0) is 9.47 Å². The van der Waals surface area contributed by atoms with Crippen molar-refractivity contribution in [3.63, 3.8) is 0 Å². The van der Waals surface area contributed by atoms with Gasteiger partial charge in [-0.25, -0.2) is 0 Å². The second-order valence-electron chi connectivity index (χ2n) is 4.01. The van der Waals surface area contributed by atoms with Crippen molar-refractivity contribution in [2.75, 3.05) is 20.2 Å². The van der Waals surface area contributed by atoms with Crippen molar-refractivity contribution in [1.82, 2.24) is 4.90 Å². The minimum absolute atomic E-state index is 0.0148. The zero-order chi connectivity index (χ0) is 9.97. The summed E-state index contributed by atoms with van der Waals surface area (Å²) in [6.07, 6.45) is 2.67. The van der Waals surface area contributed by atoms with Gasteiger partial charge in [-0.2, -0.15) is 5.26 Å². The molecule has 4 heteroatoms. The second-order valence-corrected chi connectivity index (χ2v) is 4.01. The fraction of sp³-hybridized carbons (Fsp3) is 0.900. The van der Waals surface area contributed by atoms with E-state index >= 15 is 0 Å². The molecule has 2 fully saturated rings. The van der Waals surface area contributed by atoms with Crippen LogP contribution in [0.25, 0.3) is 0 Å². The molecule has 0 radical (unpaired) electrons. The number of nitriles is 1. The average Bonchev–Trinajstić information content (AvgIpc) is 2.74. The quantitative estimate of drug-likeness (QED) is 0.653. The Labute approximate surface area is 84.4 Å². The van der Waals surface area contributed by atoms with Crippen LogP contribution in [0, 0.1) is 11.3 Å². The molecule has 2 heterocycles. The number of rotatable bonds is 2. The minimum atomic E-state index is -0.110. The van der Waals surface area contributed by atoms with E-state index in [9.17, 15) is 0 Å². The lowest BCUT2D eigenvalue weighted by Gasteiger charge is -2.24. The molecule has 3 unspecified atom stereocenters. The standard InChI is InChI=1S/C10H16N2O2/c1-12-6-2-3-9(12)10-13-7-8(14-10)4-5-11/h8-10H,2-4,6-7H2,1H3. The van der Waals surface area contributed by atoms with Gasteiger partial charge in [-0.15, -0.1) is 0 Å². The van der Waals surface area contributed by atoms with Gasteiger partial charge in [-0.1, -0.05) is 0 Å². The van der Waals surface area contributed by atoms with Gasteiger partial charge in [0.2, 0.25) is 0 Å². The first kappa shape index (κ1) is 9.91. The van der Waals surface area contributed by atoms with Crippen LogP contribution < -0.4 is 0 Å². The first-order valence-electron chi connectivity index (χ1n) is 5.15. The molecule has 14 heavy (non-hydrogen) atoms. The van der Waals surface area contributed by atoms with Gasteiger partial charge in [-0.3, -0.25) is 4.90 Å². The number of nitrogens with zero attached hydrogens (tertiary/aromatic N) is 2. The summed E-state index contributed by atoms with van der Waals surface area (Å²) in [6.45, 7) is 1.69. The molecule has 2 saturated heterocycles. The van der Waals surface area contributed by atoms with E-state index in [1.807, 2.05) is 0 Å². The maximum atomic E-state index is 8.53. The Balaban J connectivity index is 1.86. The summed E-state index contributed by atoms with van der Waals surface area (Å²) in [6, 6.07) is 2.50. The highest BCUT2D eigenvalue weighted by Crippen LogP contribution is 2.26. The highest BCUT2D eigenvalue weighted by atomic mass is 16.7. The number of likely N-dealkylation sites (N-methyl/N-ethyl adjacent to an activating group) is 1. The van der Waals surface area contributed by atoms with Crippen LogP contribution in [0.1, 0.15) is 19.3 Å². The molecule has 4 nitrogen and oxygen atoms in total. The number of hydrogen-bond acceptors (Lipinski definition) is 4. The number of ether oxygens (including phenoxy) is 2. The van der Waals surface area contributed by atoms with E-state index in [-0.39, 0.29) is 12.4 Å². The molecule has 2 aliphatic heterocycles. The molecule has 78 valence electrons. The van der Waals surface area contributed by atoms with Gasteiger partial charge >= 0.3 is 0 Å². The van der Waals surface area contributed by atoms with E-state index < -0.39 is 0 Å². The Morgan fingerprint density at radius 1 is 1.57 bits per heavy atom. The zero-order valence-corrected chi connectivity index (χ0v) is 8.48. The Hall–Kier alpha value is -0.630. The monoisotopic (exact) mass is 196 g/mol. The molecule has 0 saturated carbocycles. The number of likely N-dealkylation sites (tertiary alicyclic amines) is 1. The number of hydrogen-bond donors (Lipinski definition) is 0. The van der Waals surface area contributed by atoms with E-state index in [0.717, 1.165) is 13.0 Å². The fourth-order valence-electron chi connectivity index (χ4n) is 2.16. The van der Waals surface area contributed by atoms with Crippen LogP contribution in [0.5, 0.6) is 0 Å². The molecule has 0 spiro atoms. The largest absolute Gasteiger partial charge is 0.348 e. The Kier molecular flexibility index (Phi) is 3.02. The SMILES string of the molecule is CN1CCCC1C1OCC(CC#N)O1. The van der Waals surface area contributed by atoms with Crippen molar-refractivity contribution in [2.45, 2.75) is 37.7 Å². The molecular formula is C10H16N2O2. The molecule has 0 aromatic heterocycles. The summed E-state index contributed by atoms with van der Waals surface area (Å²) in [7, 11) is 2.10. The predicted molar refractivity (Wildman–Crippen MR) is 50.5 cm³/mol. The summed E-state index contributed by atoms with van der Waals surface area (Å²) < 4.78 is 11.2. The molecule has 0 aliphatic carbocycles. The molecule has 0 amide bonds. The third-order valence-electron chi connectivity index (χ3n) is 2.98. The first-order chi connectivity index (χ1) is 6.81. The first-order valence-corrected chi connectivity index (χ1v) is 5.15. The van der Waals surface area contributed by atoms with Crippen molar-refractivity contribution < 1.29 is 9.47 Å². The molecule has 2 aliphatic rings. The van der Waals surface area contributed by atoms with Crippen molar-refractivity contribution in [3.05, 3.63) is 0 Å². The van der Waals surface area contributed by atoms with Crippen molar-refractivity contribution in [2.24, 2.45) is 0 Å². The molecule has 3 atom stereocenters. The fourth-order valence-corrected chi connectivity index (χ4v) is 2.16. The highest BCUT2D eigenvalue weighted by Gasteiger charge is 2.36. The van der Waals surface area contributed by atoms with E-state index in [0.29, 0.717) is 19.1 Å². The van der Waals surface area contributed by atoms with Gasteiger partial charge in [0.15, 0.2) is 6.29 Å². The summed E-state index contributed by atoms with van der Waals surface area (Å²) in [5.41, 5.74) is 0. The van der Waals surface area contributed by atoms with Crippen LogP contribution in [0.15, 0.2) is 0 Å². The van der Waals surface area contributed by atoms with Crippen molar-refractivity contribution in [3.8, 4) is 6.07 Å². The van der Waals surface area contributed by atoms with Gasteiger partial charge < -0.3 is 9.47 Å². The van der Waals surface area contributed by atoms with E-state index in [4.69, 9.17) is 14.7 Å². The highest BCUT2D eigenvalue weighted by molar-refractivity contribution is 4.85. The molecular weight excluding hydrogens is 180 g/mol.